The average Bonchev–Trinajstić information content (AvgIpc) is 2.75. The molecular formula is C12H16BrN3. The quantitative estimate of drug-likeness (QED) is 0.635. The first-order valence-corrected chi connectivity index (χ1v) is 6.31. The molecule has 0 amide bonds. The van der Waals surface area contributed by atoms with Gasteiger partial charge in [-0.05, 0) is 53.4 Å². The first-order valence-electron chi connectivity index (χ1n) is 5.52. The number of halogens is 1. The first kappa shape index (κ1) is 11.5. The highest BCUT2D eigenvalue weighted by molar-refractivity contribution is 9.10. The van der Waals surface area contributed by atoms with Crippen LogP contribution in [0.4, 0.5) is 5.69 Å². The van der Waals surface area contributed by atoms with Crippen molar-refractivity contribution in [3.8, 4) is 0 Å². The van der Waals surface area contributed by atoms with Crippen molar-refractivity contribution < 1.29 is 0 Å². The smallest absolute Gasteiger partial charge is 0.196 e. The summed E-state index contributed by atoms with van der Waals surface area (Å²) in [4.78, 5) is 6.59. The topological polar surface area (TPSA) is 41.6 Å². The van der Waals surface area contributed by atoms with Gasteiger partial charge in [0.05, 0.1) is 5.69 Å². The highest BCUT2D eigenvalue weighted by atomic mass is 79.9. The molecule has 0 atom stereocenters. The fourth-order valence-corrected chi connectivity index (χ4v) is 2.42. The minimum Gasteiger partial charge on any atom is -0.369 e. The summed E-state index contributed by atoms with van der Waals surface area (Å²) >= 11 is 3.50. The van der Waals surface area contributed by atoms with E-state index >= 15 is 0 Å². The van der Waals surface area contributed by atoms with Crippen molar-refractivity contribution in [1.82, 2.24) is 4.90 Å². The maximum absolute atomic E-state index is 5.97. The summed E-state index contributed by atoms with van der Waals surface area (Å²) in [5.74, 6) is 0.627. The van der Waals surface area contributed by atoms with Gasteiger partial charge in [-0.15, -0.1) is 0 Å². The van der Waals surface area contributed by atoms with Gasteiger partial charge in [0.2, 0.25) is 0 Å². The minimum absolute atomic E-state index is 0.627. The number of hydrogen-bond acceptors (Lipinski definition) is 1. The zero-order valence-electron chi connectivity index (χ0n) is 9.41. The molecule has 0 aromatic heterocycles. The van der Waals surface area contributed by atoms with Gasteiger partial charge >= 0.3 is 0 Å². The molecule has 1 aromatic carbocycles. The van der Waals surface area contributed by atoms with Crippen molar-refractivity contribution in [1.29, 1.82) is 0 Å². The Balaban J connectivity index is 2.20. The van der Waals surface area contributed by atoms with Crippen molar-refractivity contribution in [2.45, 2.75) is 19.8 Å². The molecule has 2 rings (SSSR count). The number of nitrogens with zero attached hydrogens (tertiary/aromatic N) is 2. The zero-order chi connectivity index (χ0) is 11.5. The van der Waals surface area contributed by atoms with Crippen LogP contribution in [0.1, 0.15) is 18.4 Å². The Labute approximate surface area is 104 Å². The van der Waals surface area contributed by atoms with Gasteiger partial charge in [-0.3, -0.25) is 0 Å². The maximum Gasteiger partial charge on any atom is 0.196 e. The van der Waals surface area contributed by atoms with Crippen LogP contribution in [0, 0.1) is 6.92 Å². The van der Waals surface area contributed by atoms with E-state index in [0.29, 0.717) is 5.96 Å². The predicted octanol–water partition coefficient (Wildman–Crippen LogP) is 2.80. The van der Waals surface area contributed by atoms with Crippen LogP contribution in [0.15, 0.2) is 27.7 Å². The van der Waals surface area contributed by atoms with Crippen LogP contribution in [-0.2, 0) is 0 Å². The third kappa shape index (κ3) is 2.55. The third-order valence-corrected chi connectivity index (χ3v) is 3.40. The van der Waals surface area contributed by atoms with Crippen LogP contribution in [-0.4, -0.2) is 23.9 Å². The monoisotopic (exact) mass is 281 g/mol. The molecule has 0 radical (unpaired) electrons. The van der Waals surface area contributed by atoms with Crippen LogP contribution >= 0.6 is 15.9 Å². The lowest BCUT2D eigenvalue weighted by atomic mass is 10.2. The van der Waals surface area contributed by atoms with Crippen LogP contribution in [0.25, 0.3) is 0 Å². The van der Waals surface area contributed by atoms with E-state index in [-0.39, 0.29) is 0 Å². The lowest BCUT2D eigenvalue weighted by Gasteiger charge is -2.15. The van der Waals surface area contributed by atoms with E-state index in [1.807, 2.05) is 12.1 Å². The van der Waals surface area contributed by atoms with E-state index in [9.17, 15) is 0 Å². The molecule has 4 heteroatoms. The molecule has 1 aliphatic heterocycles. The summed E-state index contributed by atoms with van der Waals surface area (Å²) in [6, 6.07) is 6.08. The van der Waals surface area contributed by atoms with E-state index in [1.165, 1.54) is 18.4 Å². The molecular weight excluding hydrogens is 266 g/mol. The van der Waals surface area contributed by atoms with E-state index < -0.39 is 0 Å². The van der Waals surface area contributed by atoms with Crippen molar-refractivity contribution in [3.05, 3.63) is 28.2 Å². The molecule has 1 aliphatic rings. The molecule has 0 spiro atoms. The van der Waals surface area contributed by atoms with Gasteiger partial charge in [0.1, 0.15) is 0 Å². The number of rotatable bonds is 1. The van der Waals surface area contributed by atoms with E-state index in [2.05, 4.69) is 38.8 Å². The molecule has 2 N–H and O–H groups in total. The number of aliphatic imine (C=N–C) groups is 1. The lowest BCUT2D eigenvalue weighted by Crippen LogP contribution is -2.34. The van der Waals surface area contributed by atoms with Gasteiger partial charge in [0.15, 0.2) is 5.96 Å². The van der Waals surface area contributed by atoms with Crippen LogP contribution in [0.5, 0.6) is 0 Å². The Kier molecular flexibility index (Phi) is 3.49. The van der Waals surface area contributed by atoms with Crippen molar-refractivity contribution >= 4 is 27.6 Å². The molecule has 3 nitrogen and oxygen atoms in total. The molecule has 1 saturated heterocycles. The summed E-state index contributed by atoms with van der Waals surface area (Å²) in [5.41, 5.74) is 8.08. The highest BCUT2D eigenvalue weighted by Crippen LogP contribution is 2.26. The predicted molar refractivity (Wildman–Crippen MR) is 71.0 cm³/mol. The molecule has 1 fully saturated rings. The normalized spacial score (nSPS) is 16.9. The van der Waals surface area contributed by atoms with E-state index in [0.717, 1.165) is 23.2 Å². The Morgan fingerprint density at radius 2 is 2.06 bits per heavy atom. The Hall–Kier alpha value is -1.03. The number of nitrogens with two attached hydrogens (primary N) is 1. The molecule has 0 saturated carbocycles. The molecule has 0 aliphatic carbocycles. The first-order chi connectivity index (χ1) is 7.66. The molecule has 1 aromatic rings. The second kappa shape index (κ2) is 4.87. The van der Waals surface area contributed by atoms with Gasteiger partial charge in [-0.1, -0.05) is 6.07 Å². The number of likely N-dealkylation sites (tertiary alicyclic amines) is 1. The average molecular weight is 282 g/mol. The fraction of sp³-hybridized carbons (Fsp3) is 0.417. The highest BCUT2D eigenvalue weighted by Gasteiger charge is 2.13. The van der Waals surface area contributed by atoms with Gasteiger partial charge in [-0.2, -0.15) is 0 Å². The van der Waals surface area contributed by atoms with Crippen molar-refractivity contribution in [3.63, 3.8) is 0 Å². The number of aryl methyl sites for hydroxylation is 1. The SMILES string of the molecule is Cc1ccc(N=C(N)N2CCCC2)c(Br)c1. The van der Waals surface area contributed by atoms with E-state index in [4.69, 9.17) is 5.73 Å². The molecule has 0 unspecified atom stereocenters. The summed E-state index contributed by atoms with van der Waals surface area (Å²) in [7, 11) is 0. The fourth-order valence-electron chi connectivity index (χ4n) is 1.84. The molecule has 86 valence electrons. The van der Waals surface area contributed by atoms with Crippen LogP contribution in [0.3, 0.4) is 0 Å². The largest absolute Gasteiger partial charge is 0.369 e. The standard InChI is InChI=1S/C12H16BrN3/c1-9-4-5-11(10(13)8-9)15-12(14)16-6-2-3-7-16/h4-5,8H,2-3,6-7H2,1H3,(H2,14,15). The molecule has 0 bridgehead atoms. The van der Waals surface area contributed by atoms with Gasteiger partial charge in [0, 0.05) is 17.6 Å². The van der Waals surface area contributed by atoms with Gasteiger partial charge in [-0.25, -0.2) is 4.99 Å². The van der Waals surface area contributed by atoms with Gasteiger partial charge in [0.25, 0.3) is 0 Å². The number of guanidine groups is 1. The lowest BCUT2D eigenvalue weighted by molar-refractivity contribution is 0.513. The number of benzene rings is 1. The Bertz CT molecular complexity index is 409. The zero-order valence-corrected chi connectivity index (χ0v) is 11.0. The van der Waals surface area contributed by atoms with E-state index in [1.54, 1.807) is 0 Å². The Morgan fingerprint density at radius 3 is 2.69 bits per heavy atom. The maximum atomic E-state index is 5.97. The van der Waals surface area contributed by atoms with Crippen LogP contribution in [0.2, 0.25) is 0 Å². The molecule has 16 heavy (non-hydrogen) atoms. The third-order valence-electron chi connectivity index (χ3n) is 2.77. The van der Waals surface area contributed by atoms with Gasteiger partial charge < -0.3 is 10.6 Å². The Morgan fingerprint density at radius 1 is 1.38 bits per heavy atom. The summed E-state index contributed by atoms with van der Waals surface area (Å²) in [5, 5.41) is 0. The number of hydrogen-bond donors (Lipinski definition) is 1. The minimum atomic E-state index is 0.627. The second-order valence-corrected chi connectivity index (χ2v) is 4.97. The summed E-state index contributed by atoms with van der Waals surface area (Å²) in [6.45, 7) is 4.11. The second-order valence-electron chi connectivity index (χ2n) is 4.12. The van der Waals surface area contributed by atoms with Crippen molar-refractivity contribution in [2.75, 3.05) is 13.1 Å². The van der Waals surface area contributed by atoms with Crippen LogP contribution < -0.4 is 5.73 Å². The summed E-state index contributed by atoms with van der Waals surface area (Å²) in [6.07, 6.45) is 2.43. The summed E-state index contributed by atoms with van der Waals surface area (Å²) < 4.78 is 0.995. The van der Waals surface area contributed by atoms with Crippen molar-refractivity contribution in [2.24, 2.45) is 10.7 Å². The molecule has 1 heterocycles.